The van der Waals surface area contributed by atoms with E-state index >= 15 is 0 Å². The molecule has 0 aliphatic carbocycles. The van der Waals surface area contributed by atoms with Gasteiger partial charge >= 0.3 is 0 Å². The van der Waals surface area contributed by atoms with Crippen molar-refractivity contribution in [2.24, 2.45) is 0 Å². The lowest BCUT2D eigenvalue weighted by atomic mass is 10.1. The van der Waals surface area contributed by atoms with Crippen LogP contribution in [0.2, 0.25) is 0 Å². The van der Waals surface area contributed by atoms with Gasteiger partial charge in [0.2, 0.25) is 0 Å². The van der Waals surface area contributed by atoms with Gasteiger partial charge in [0, 0.05) is 6.54 Å². The number of anilines is 2. The predicted molar refractivity (Wildman–Crippen MR) is 74.0 cm³/mol. The molecule has 0 aliphatic rings. The molecule has 2 aromatic rings. The minimum absolute atomic E-state index is 0.319. The average Bonchev–Trinajstić information content (AvgIpc) is 2.39. The summed E-state index contributed by atoms with van der Waals surface area (Å²) < 4.78 is 13.5. The Bertz CT molecular complexity index is 500. The summed E-state index contributed by atoms with van der Waals surface area (Å²) in [6.45, 7) is 2.68. The van der Waals surface area contributed by atoms with Gasteiger partial charge in [-0.2, -0.15) is 0 Å². The van der Waals surface area contributed by atoms with Crippen molar-refractivity contribution < 1.29 is 4.39 Å². The van der Waals surface area contributed by atoms with E-state index in [9.17, 15) is 4.39 Å². The van der Waals surface area contributed by atoms with Crippen LogP contribution in [0.25, 0.3) is 0 Å². The fourth-order valence-corrected chi connectivity index (χ4v) is 1.81. The highest BCUT2D eigenvalue weighted by Gasteiger charge is 2.04. The Kier molecular flexibility index (Phi) is 3.82. The van der Waals surface area contributed by atoms with Gasteiger partial charge in [0.15, 0.2) is 0 Å². The van der Waals surface area contributed by atoms with Crippen molar-refractivity contribution in [1.29, 1.82) is 0 Å². The van der Waals surface area contributed by atoms with E-state index in [0.717, 1.165) is 12.0 Å². The Morgan fingerprint density at radius 2 is 1.72 bits per heavy atom. The zero-order chi connectivity index (χ0) is 13.0. The Balaban J connectivity index is 2.06. The number of nitrogens with two attached hydrogens (primary N) is 1. The molecule has 0 radical (unpaired) electrons. The van der Waals surface area contributed by atoms with Gasteiger partial charge in [-0.25, -0.2) is 4.39 Å². The molecule has 2 aromatic carbocycles. The van der Waals surface area contributed by atoms with Crippen molar-refractivity contribution >= 4 is 11.4 Å². The molecule has 0 spiro atoms. The fourth-order valence-electron chi connectivity index (χ4n) is 1.81. The molecule has 0 aliphatic heterocycles. The molecule has 0 aromatic heterocycles. The lowest BCUT2D eigenvalue weighted by Gasteiger charge is -2.10. The first kappa shape index (κ1) is 12.4. The monoisotopic (exact) mass is 244 g/mol. The molecule has 0 unspecified atom stereocenters. The molecule has 2 rings (SSSR count). The van der Waals surface area contributed by atoms with Crippen LogP contribution in [-0.2, 0) is 13.0 Å². The number of aryl methyl sites for hydroxylation is 1. The largest absolute Gasteiger partial charge is 0.397 e. The summed E-state index contributed by atoms with van der Waals surface area (Å²) in [5.74, 6) is -0.319. The van der Waals surface area contributed by atoms with Gasteiger partial charge in [-0.05, 0) is 29.7 Å². The third kappa shape index (κ3) is 2.80. The molecule has 3 heteroatoms. The number of para-hydroxylation sites is 1. The first-order valence-corrected chi connectivity index (χ1v) is 6.06. The van der Waals surface area contributed by atoms with Crippen LogP contribution in [0, 0.1) is 5.82 Å². The number of hydrogen-bond acceptors (Lipinski definition) is 2. The van der Waals surface area contributed by atoms with Gasteiger partial charge in [-0.1, -0.05) is 37.3 Å². The van der Waals surface area contributed by atoms with E-state index in [-0.39, 0.29) is 5.82 Å². The second-order valence-corrected chi connectivity index (χ2v) is 4.23. The summed E-state index contributed by atoms with van der Waals surface area (Å²) >= 11 is 0. The Hall–Kier alpha value is -2.03. The summed E-state index contributed by atoms with van der Waals surface area (Å²) in [5.41, 5.74) is 8.93. The molecule has 94 valence electrons. The van der Waals surface area contributed by atoms with Crippen molar-refractivity contribution in [1.82, 2.24) is 0 Å². The van der Waals surface area contributed by atoms with E-state index in [1.807, 2.05) is 12.1 Å². The highest BCUT2D eigenvalue weighted by atomic mass is 19.1. The fraction of sp³-hybridized carbons (Fsp3) is 0.200. The standard InChI is InChI=1S/C15H17FN2/c1-2-11-6-8-12(9-7-11)10-18-15-13(16)4-3-5-14(15)17/h3-9,18H,2,10,17H2,1H3. The first-order chi connectivity index (χ1) is 8.70. The first-order valence-electron chi connectivity index (χ1n) is 6.06. The average molecular weight is 244 g/mol. The highest BCUT2D eigenvalue weighted by Crippen LogP contribution is 2.22. The number of hydrogen-bond donors (Lipinski definition) is 2. The van der Waals surface area contributed by atoms with E-state index in [0.29, 0.717) is 17.9 Å². The molecule has 0 saturated heterocycles. The quantitative estimate of drug-likeness (QED) is 0.807. The van der Waals surface area contributed by atoms with Crippen molar-refractivity contribution in [3.8, 4) is 0 Å². The van der Waals surface area contributed by atoms with E-state index in [4.69, 9.17) is 5.73 Å². The van der Waals surface area contributed by atoms with Crippen molar-refractivity contribution in [3.63, 3.8) is 0 Å². The van der Waals surface area contributed by atoms with E-state index in [2.05, 4.69) is 24.4 Å². The molecule has 18 heavy (non-hydrogen) atoms. The lowest BCUT2D eigenvalue weighted by molar-refractivity contribution is 0.631. The Labute approximate surface area is 107 Å². The maximum absolute atomic E-state index is 13.5. The molecule has 0 heterocycles. The van der Waals surface area contributed by atoms with Gasteiger partial charge in [0.05, 0.1) is 11.4 Å². The predicted octanol–water partition coefficient (Wildman–Crippen LogP) is 3.58. The molecule has 0 bridgehead atoms. The van der Waals surface area contributed by atoms with Gasteiger partial charge in [-0.15, -0.1) is 0 Å². The number of halogens is 1. The SMILES string of the molecule is CCc1ccc(CNc2c(N)cccc2F)cc1. The van der Waals surface area contributed by atoms with E-state index < -0.39 is 0 Å². The number of nitrogens with one attached hydrogen (secondary N) is 1. The zero-order valence-corrected chi connectivity index (χ0v) is 10.4. The van der Waals surface area contributed by atoms with Gasteiger partial charge in [0.25, 0.3) is 0 Å². The summed E-state index contributed by atoms with van der Waals surface area (Å²) in [4.78, 5) is 0. The smallest absolute Gasteiger partial charge is 0.148 e. The van der Waals surface area contributed by atoms with Crippen LogP contribution in [0.5, 0.6) is 0 Å². The summed E-state index contributed by atoms with van der Waals surface area (Å²) in [7, 11) is 0. The second kappa shape index (κ2) is 5.54. The number of nitrogen functional groups attached to an aromatic ring is 1. The molecular formula is C15H17FN2. The topological polar surface area (TPSA) is 38.0 Å². The van der Waals surface area contributed by atoms with Crippen molar-refractivity contribution in [2.45, 2.75) is 19.9 Å². The van der Waals surface area contributed by atoms with Crippen LogP contribution in [0.15, 0.2) is 42.5 Å². The van der Waals surface area contributed by atoms with Crippen molar-refractivity contribution in [2.75, 3.05) is 11.1 Å². The Morgan fingerprint density at radius 3 is 2.33 bits per heavy atom. The zero-order valence-electron chi connectivity index (χ0n) is 10.4. The normalized spacial score (nSPS) is 10.3. The number of benzene rings is 2. The molecule has 0 fully saturated rings. The van der Waals surface area contributed by atoms with E-state index in [1.54, 1.807) is 12.1 Å². The molecule has 0 amide bonds. The molecule has 3 N–H and O–H groups in total. The van der Waals surface area contributed by atoms with Crippen LogP contribution >= 0.6 is 0 Å². The van der Waals surface area contributed by atoms with Crippen LogP contribution in [-0.4, -0.2) is 0 Å². The van der Waals surface area contributed by atoms with Crippen LogP contribution in [0.1, 0.15) is 18.1 Å². The third-order valence-electron chi connectivity index (χ3n) is 2.95. The molecule has 2 nitrogen and oxygen atoms in total. The summed E-state index contributed by atoms with van der Waals surface area (Å²) in [6, 6.07) is 12.9. The van der Waals surface area contributed by atoms with Gasteiger partial charge in [0.1, 0.15) is 5.82 Å². The third-order valence-corrected chi connectivity index (χ3v) is 2.95. The highest BCUT2D eigenvalue weighted by molar-refractivity contribution is 5.66. The second-order valence-electron chi connectivity index (χ2n) is 4.23. The summed E-state index contributed by atoms with van der Waals surface area (Å²) in [6.07, 6.45) is 1.02. The molecule has 0 atom stereocenters. The Morgan fingerprint density at radius 1 is 1.06 bits per heavy atom. The summed E-state index contributed by atoms with van der Waals surface area (Å²) in [5, 5.41) is 3.03. The van der Waals surface area contributed by atoms with E-state index in [1.165, 1.54) is 11.6 Å². The van der Waals surface area contributed by atoms with Gasteiger partial charge < -0.3 is 11.1 Å². The van der Waals surface area contributed by atoms with Crippen LogP contribution in [0.3, 0.4) is 0 Å². The molecular weight excluding hydrogens is 227 g/mol. The maximum atomic E-state index is 13.5. The van der Waals surface area contributed by atoms with Crippen molar-refractivity contribution in [3.05, 3.63) is 59.4 Å². The van der Waals surface area contributed by atoms with Crippen LogP contribution in [0.4, 0.5) is 15.8 Å². The number of rotatable bonds is 4. The van der Waals surface area contributed by atoms with Crippen LogP contribution < -0.4 is 11.1 Å². The lowest BCUT2D eigenvalue weighted by Crippen LogP contribution is -2.04. The minimum atomic E-state index is -0.319. The molecule has 0 saturated carbocycles. The minimum Gasteiger partial charge on any atom is -0.397 e. The van der Waals surface area contributed by atoms with Gasteiger partial charge in [-0.3, -0.25) is 0 Å². The maximum Gasteiger partial charge on any atom is 0.148 e.